The third-order valence-corrected chi connectivity index (χ3v) is 6.96. The van der Waals surface area contributed by atoms with Crippen LogP contribution in [-0.2, 0) is 21.4 Å². The number of carbonyl (C=O) groups is 1. The summed E-state index contributed by atoms with van der Waals surface area (Å²) >= 11 is 0. The number of hydrogen-bond donors (Lipinski definition) is 1. The van der Waals surface area contributed by atoms with Gasteiger partial charge in [0.25, 0.3) is 10.0 Å². The molecule has 0 radical (unpaired) electrons. The Morgan fingerprint density at radius 1 is 0.970 bits per heavy atom. The summed E-state index contributed by atoms with van der Waals surface area (Å²) in [5.74, 6) is 0.0230. The van der Waals surface area contributed by atoms with Gasteiger partial charge in [0.15, 0.2) is 12.4 Å². The largest absolute Gasteiger partial charge is 0.454 e. The summed E-state index contributed by atoms with van der Waals surface area (Å²) in [7, 11) is -2.26. The maximum atomic E-state index is 12.9. The number of esters is 1. The lowest BCUT2D eigenvalue weighted by atomic mass is 10.2. The Bertz CT molecular complexity index is 1420. The van der Waals surface area contributed by atoms with E-state index >= 15 is 0 Å². The highest BCUT2D eigenvalue weighted by molar-refractivity contribution is 7.92. The monoisotopic (exact) mass is 462 g/mol. The second-order valence-corrected chi connectivity index (χ2v) is 9.42. The molecule has 168 valence electrons. The van der Waals surface area contributed by atoms with E-state index in [1.54, 1.807) is 42.5 Å². The van der Waals surface area contributed by atoms with Crippen LogP contribution in [0, 0.1) is 6.92 Å². The van der Waals surface area contributed by atoms with E-state index in [0.29, 0.717) is 22.8 Å². The van der Waals surface area contributed by atoms with Gasteiger partial charge in [0, 0.05) is 12.4 Å². The quantitative estimate of drug-likeness (QED) is 0.434. The Morgan fingerprint density at radius 2 is 1.64 bits per heavy atom. The molecule has 4 rings (SSSR count). The summed E-state index contributed by atoms with van der Waals surface area (Å²) in [5.41, 5.74) is 8.28. The van der Waals surface area contributed by atoms with Crippen LogP contribution in [0.1, 0.15) is 21.7 Å². The van der Waals surface area contributed by atoms with E-state index in [2.05, 4.69) is 9.97 Å². The highest BCUT2D eigenvalue weighted by Gasteiger charge is 2.21. The van der Waals surface area contributed by atoms with E-state index in [1.165, 1.54) is 23.5 Å². The zero-order chi connectivity index (χ0) is 23.6. The fraction of sp³-hybridized carbons (Fsp3) is 0.125. The zero-order valence-electron chi connectivity index (χ0n) is 18.1. The first-order chi connectivity index (χ1) is 15.8. The summed E-state index contributed by atoms with van der Waals surface area (Å²) in [5, 5.41) is 0.730. The van der Waals surface area contributed by atoms with Gasteiger partial charge < -0.3 is 10.5 Å². The van der Waals surface area contributed by atoms with Crippen molar-refractivity contribution in [2.45, 2.75) is 18.4 Å². The predicted octanol–water partition coefficient (Wildman–Crippen LogP) is 3.70. The minimum atomic E-state index is -3.72. The van der Waals surface area contributed by atoms with Crippen molar-refractivity contribution in [2.75, 3.05) is 17.1 Å². The van der Waals surface area contributed by atoms with Crippen molar-refractivity contribution in [2.24, 2.45) is 0 Å². The van der Waals surface area contributed by atoms with E-state index in [1.807, 2.05) is 25.1 Å². The number of nitrogen functional groups attached to an aromatic ring is 1. The number of benzene rings is 3. The molecule has 0 bridgehead atoms. The van der Waals surface area contributed by atoms with Crippen LogP contribution in [0.25, 0.3) is 10.9 Å². The van der Waals surface area contributed by atoms with E-state index in [9.17, 15) is 13.2 Å². The number of hydrogen-bond acceptors (Lipinski definition) is 7. The number of ether oxygens (including phenoxy) is 1. The first kappa shape index (κ1) is 22.2. The van der Waals surface area contributed by atoms with Gasteiger partial charge in [0.1, 0.15) is 5.82 Å². The Labute approximate surface area is 191 Å². The molecule has 9 heteroatoms. The fourth-order valence-electron chi connectivity index (χ4n) is 3.24. The molecule has 3 aromatic carbocycles. The number of nitrogens with two attached hydrogens (primary N) is 1. The summed E-state index contributed by atoms with van der Waals surface area (Å²) in [6.07, 6.45) is 0. The van der Waals surface area contributed by atoms with Crippen LogP contribution in [-0.4, -0.2) is 31.4 Å². The third kappa shape index (κ3) is 4.63. The SMILES string of the molecule is Cc1ccc(S(=O)(=O)N(C)c2ccc(C(=O)OCc3nc(N)c4ccccc4n3)cc2)cc1. The normalized spacial score (nSPS) is 11.3. The van der Waals surface area contributed by atoms with Crippen LogP contribution < -0.4 is 10.0 Å². The number of rotatable bonds is 6. The molecule has 0 atom stereocenters. The Hall–Kier alpha value is -3.98. The van der Waals surface area contributed by atoms with Gasteiger partial charge in [-0.1, -0.05) is 29.8 Å². The van der Waals surface area contributed by atoms with Gasteiger partial charge in [0.2, 0.25) is 0 Å². The first-order valence-corrected chi connectivity index (χ1v) is 11.5. The van der Waals surface area contributed by atoms with Crippen molar-refractivity contribution in [1.82, 2.24) is 9.97 Å². The molecular formula is C24H22N4O4S. The summed E-state index contributed by atoms with van der Waals surface area (Å²) in [4.78, 5) is 21.2. The van der Waals surface area contributed by atoms with Gasteiger partial charge >= 0.3 is 5.97 Å². The van der Waals surface area contributed by atoms with E-state index in [0.717, 1.165) is 10.9 Å². The lowest BCUT2D eigenvalue weighted by molar-refractivity contribution is 0.0462. The fourth-order valence-corrected chi connectivity index (χ4v) is 4.44. The average Bonchev–Trinajstić information content (AvgIpc) is 2.82. The Kier molecular flexibility index (Phi) is 5.97. The van der Waals surface area contributed by atoms with Crippen molar-refractivity contribution >= 4 is 38.4 Å². The summed E-state index contributed by atoms with van der Waals surface area (Å²) in [6, 6.07) is 20.0. The highest BCUT2D eigenvalue weighted by atomic mass is 32.2. The van der Waals surface area contributed by atoms with Crippen LogP contribution in [0.15, 0.2) is 77.7 Å². The van der Waals surface area contributed by atoms with Crippen LogP contribution in [0.5, 0.6) is 0 Å². The molecule has 0 unspecified atom stereocenters. The number of aromatic nitrogens is 2. The number of fused-ring (bicyclic) bond motifs is 1. The van der Waals surface area contributed by atoms with Gasteiger partial charge in [-0.05, 0) is 55.5 Å². The van der Waals surface area contributed by atoms with Crippen LogP contribution in [0.2, 0.25) is 0 Å². The summed E-state index contributed by atoms with van der Waals surface area (Å²) < 4.78 is 32.2. The molecule has 0 spiro atoms. The average molecular weight is 463 g/mol. The molecule has 1 heterocycles. The maximum absolute atomic E-state index is 12.9. The molecule has 0 saturated heterocycles. The minimum Gasteiger partial charge on any atom is -0.454 e. The standard InChI is InChI=1S/C24H22N4O4S/c1-16-7-13-19(14-8-16)33(30,31)28(2)18-11-9-17(10-12-18)24(29)32-15-22-26-21-6-4-3-5-20(21)23(25)27-22/h3-14H,15H2,1-2H3,(H2,25,26,27). The number of carbonyl (C=O) groups excluding carboxylic acids is 1. The van der Waals surface area contributed by atoms with E-state index < -0.39 is 16.0 Å². The summed E-state index contributed by atoms with van der Waals surface area (Å²) in [6.45, 7) is 1.75. The van der Waals surface area contributed by atoms with Crippen molar-refractivity contribution in [3.05, 3.63) is 89.7 Å². The highest BCUT2D eigenvalue weighted by Crippen LogP contribution is 2.23. The molecule has 0 aliphatic heterocycles. The molecule has 0 amide bonds. The minimum absolute atomic E-state index is 0.142. The lowest BCUT2D eigenvalue weighted by Gasteiger charge is -2.19. The van der Waals surface area contributed by atoms with Gasteiger partial charge in [-0.25, -0.2) is 23.2 Å². The van der Waals surface area contributed by atoms with Gasteiger partial charge in [-0.15, -0.1) is 0 Å². The Balaban J connectivity index is 1.45. The van der Waals surface area contributed by atoms with Crippen molar-refractivity contribution in [1.29, 1.82) is 0 Å². The lowest BCUT2D eigenvalue weighted by Crippen LogP contribution is -2.26. The van der Waals surface area contributed by atoms with Crippen LogP contribution in [0.3, 0.4) is 0 Å². The van der Waals surface area contributed by atoms with Crippen molar-refractivity contribution in [3.8, 4) is 0 Å². The molecule has 2 N–H and O–H groups in total. The molecule has 33 heavy (non-hydrogen) atoms. The number of anilines is 2. The van der Waals surface area contributed by atoms with Crippen molar-refractivity contribution < 1.29 is 17.9 Å². The molecule has 0 fully saturated rings. The molecule has 4 aromatic rings. The predicted molar refractivity (Wildman–Crippen MR) is 126 cm³/mol. The smallest absolute Gasteiger partial charge is 0.338 e. The number of aryl methyl sites for hydroxylation is 1. The van der Waals surface area contributed by atoms with Crippen LogP contribution >= 0.6 is 0 Å². The topological polar surface area (TPSA) is 115 Å². The third-order valence-electron chi connectivity index (χ3n) is 5.16. The molecule has 0 saturated carbocycles. The maximum Gasteiger partial charge on any atom is 0.338 e. The van der Waals surface area contributed by atoms with Gasteiger partial charge in [-0.2, -0.15) is 0 Å². The number of sulfonamides is 1. The van der Waals surface area contributed by atoms with Gasteiger partial charge in [-0.3, -0.25) is 4.31 Å². The molecule has 1 aromatic heterocycles. The van der Waals surface area contributed by atoms with E-state index in [4.69, 9.17) is 10.5 Å². The zero-order valence-corrected chi connectivity index (χ0v) is 18.9. The molecule has 0 aliphatic rings. The molecular weight excluding hydrogens is 440 g/mol. The second-order valence-electron chi connectivity index (χ2n) is 7.45. The molecule has 8 nitrogen and oxygen atoms in total. The van der Waals surface area contributed by atoms with E-state index in [-0.39, 0.29) is 17.1 Å². The van der Waals surface area contributed by atoms with Crippen LogP contribution in [0.4, 0.5) is 11.5 Å². The second kappa shape index (κ2) is 8.87. The van der Waals surface area contributed by atoms with Gasteiger partial charge in [0.05, 0.1) is 21.7 Å². The van der Waals surface area contributed by atoms with Crippen molar-refractivity contribution in [3.63, 3.8) is 0 Å². The Morgan fingerprint density at radius 3 is 2.33 bits per heavy atom. The number of para-hydroxylation sites is 1. The number of nitrogens with zero attached hydrogens (tertiary/aromatic N) is 3. The first-order valence-electron chi connectivity index (χ1n) is 10.1. The molecule has 0 aliphatic carbocycles.